The van der Waals surface area contributed by atoms with Crippen molar-refractivity contribution in [2.75, 3.05) is 0 Å². The van der Waals surface area contributed by atoms with Crippen LogP contribution in [0.2, 0.25) is 0 Å². The predicted octanol–water partition coefficient (Wildman–Crippen LogP) is 5.48. The zero-order valence-corrected chi connectivity index (χ0v) is 17.5. The van der Waals surface area contributed by atoms with Gasteiger partial charge < -0.3 is 10.1 Å². The van der Waals surface area contributed by atoms with Crippen molar-refractivity contribution < 1.29 is 9.53 Å². The first-order chi connectivity index (χ1) is 15.1. The summed E-state index contributed by atoms with van der Waals surface area (Å²) < 4.78 is 5.87. The summed E-state index contributed by atoms with van der Waals surface area (Å²) >= 11 is 0. The Hall–Kier alpha value is -3.99. The lowest BCUT2D eigenvalue weighted by Crippen LogP contribution is -2.23. The Balaban J connectivity index is 1.41. The Morgan fingerprint density at radius 3 is 2.52 bits per heavy atom. The van der Waals surface area contributed by atoms with E-state index in [1.54, 1.807) is 36.5 Å². The number of amides is 1. The van der Waals surface area contributed by atoms with E-state index in [4.69, 9.17) is 4.74 Å². The topological polar surface area (TPSA) is 64.1 Å². The SMILES string of the molecule is Cc1cccc(-c2nccc(Oc3ccc(C(=O)NCc4ccccc4C)cc3)n2)c1. The molecule has 0 atom stereocenters. The van der Waals surface area contributed by atoms with Crippen molar-refractivity contribution >= 4 is 5.91 Å². The van der Waals surface area contributed by atoms with E-state index in [0.29, 0.717) is 29.6 Å². The fourth-order valence-corrected chi connectivity index (χ4v) is 3.20. The van der Waals surface area contributed by atoms with Crippen LogP contribution in [0.3, 0.4) is 0 Å². The molecule has 0 fully saturated rings. The van der Waals surface area contributed by atoms with Crippen molar-refractivity contribution in [2.24, 2.45) is 0 Å². The second-order valence-corrected chi connectivity index (χ2v) is 7.32. The van der Waals surface area contributed by atoms with Crippen molar-refractivity contribution in [1.29, 1.82) is 0 Å². The molecule has 3 aromatic carbocycles. The monoisotopic (exact) mass is 409 g/mol. The van der Waals surface area contributed by atoms with Crippen LogP contribution in [0.5, 0.6) is 11.6 Å². The van der Waals surface area contributed by atoms with Gasteiger partial charge in [-0.3, -0.25) is 4.79 Å². The fraction of sp³-hybridized carbons (Fsp3) is 0.115. The highest BCUT2D eigenvalue weighted by Gasteiger charge is 2.08. The van der Waals surface area contributed by atoms with E-state index in [9.17, 15) is 4.79 Å². The second kappa shape index (κ2) is 9.22. The molecule has 0 aliphatic carbocycles. The van der Waals surface area contributed by atoms with Crippen molar-refractivity contribution in [2.45, 2.75) is 20.4 Å². The average Bonchev–Trinajstić information content (AvgIpc) is 2.79. The van der Waals surface area contributed by atoms with E-state index in [2.05, 4.69) is 15.3 Å². The molecule has 0 saturated heterocycles. The van der Waals surface area contributed by atoms with Crippen LogP contribution in [0.15, 0.2) is 85.1 Å². The van der Waals surface area contributed by atoms with E-state index in [-0.39, 0.29) is 5.91 Å². The minimum Gasteiger partial charge on any atom is -0.439 e. The number of aryl methyl sites for hydroxylation is 2. The molecule has 1 amide bonds. The van der Waals surface area contributed by atoms with Gasteiger partial charge in [0.2, 0.25) is 5.88 Å². The summed E-state index contributed by atoms with van der Waals surface area (Å²) in [4.78, 5) is 21.3. The number of aromatic nitrogens is 2. The summed E-state index contributed by atoms with van der Waals surface area (Å²) in [6.45, 7) is 4.56. The van der Waals surface area contributed by atoms with Gasteiger partial charge in [-0.2, -0.15) is 4.98 Å². The Morgan fingerprint density at radius 1 is 0.935 bits per heavy atom. The molecule has 154 valence electrons. The number of rotatable bonds is 6. The summed E-state index contributed by atoms with van der Waals surface area (Å²) in [5.41, 5.74) is 4.91. The molecule has 0 spiro atoms. The molecule has 5 heteroatoms. The third-order valence-electron chi connectivity index (χ3n) is 4.95. The lowest BCUT2D eigenvalue weighted by molar-refractivity contribution is 0.0951. The minimum atomic E-state index is -0.126. The predicted molar refractivity (Wildman–Crippen MR) is 121 cm³/mol. The highest BCUT2D eigenvalue weighted by Crippen LogP contribution is 2.23. The van der Waals surface area contributed by atoms with Crippen LogP contribution in [-0.2, 0) is 6.54 Å². The Labute approximate surface area is 181 Å². The average molecular weight is 409 g/mol. The summed E-state index contributed by atoms with van der Waals surface area (Å²) in [5, 5.41) is 2.96. The highest BCUT2D eigenvalue weighted by atomic mass is 16.5. The Bertz CT molecular complexity index is 1200. The molecular weight excluding hydrogens is 386 g/mol. The van der Waals surface area contributed by atoms with E-state index in [1.165, 1.54) is 0 Å². The van der Waals surface area contributed by atoms with Gasteiger partial charge >= 0.3 is 0 Å². The van der Waals surface area contributed by atoms with E-state index < -0.39 is 0 Å². The first-order valence-corrected chi connectivity index (χ1v) is 10.1. The van der Waals surface area contributed by atoms with E-state index in [0.717, 1.165) is 22.3 Å². The van der Waals surface area contributed by atoms with Crippen LogP contribution >= 0.6 is 0 Å². The van der Waals surface area contributed by atoms with Crippen molar-refractivity contribution in [3.8, 4) is 23.0 Å². The standard InChI is InChI=1S/C26H23N3O2/c1-18-6-5-9-21(16-18)25-27-15-14-24(29-25)31-23-12-10-20(11-13-23)26(30)28-17-22-8-4-3-7-19(22)2/h3-16H,17H2,1-2H3,(H,28,30). The van der Waals surface area contributed by atoms with Crippen LogP contribution in [0.4, 0.5) is 0 Å². The van der Waals surface area contributed by atoms with Crippen LogP contribution < -0.4 is 10.1 Å². The number of benzene rings is 3. The summed E-state index contributed by atoms with van der Waals surface area (Å²) in [5.74, 6) is 1.53. The molecule has 0 aliphatic rings. The zero-order valence-electron chi connectivity index (χ0n) is 17.5. The van der Waals surface area contributed by atoms with Crippen LogP contribution in [0.1, 0.15) is 27.0 Å². The quantitative estimate of drug-likeness (QED) is 0.458. The molecule has 4 rings (SSSR count). The molecule has 0 bridgehead atoms. The van der Waals surface area contributed by atoms with Gasteiger partial charge in [0.1, 0.15) is 5.75 Å². The van der Waals surface area contributed by atoms with Gasteiger partial charge in [0.05, 0.1) is 0 Å². The first-order valence-electron chi connectivity index (χ1n) is 10.1. The maximum atomic E-state index is 12.5. The molecule has 1 N–H and O–H groups in total. The van der Waals surface area contributed by atoms with Crippen LogP contribution in [0, 0.1) is 13.8 Å². The number of hydrogen-bond donors (Lipinski definition) is 1. The maximum absolute atomic E-state index is 12.5. The number of carbonyl (C=O) groups excluding carboxylic acids is 1. The van der Waals surface area contributed by atoms with Gasteiger partial charge in [-0.25, -0.2) is 4.98 Å². The number of nitrogens with one attached hydrogen (secondary N) is 1. The van der Waals surface area contributed by atoms with Crippen molar-refractivity contribution in [1.82, 2.24) is 15.3 Å². The number of nitrogens with zero attached hydrogens (tertiary/aromatic N) is 2. The third kappa shape index (κ3) is 5.14. The van der Waals surface area contributed by atoms with Gasteiger partial charge in [0, 0.05) is 29.9 Å². The van der Waals surface area contributed by atoms with Gasteiger partial charge in [0.25, 0.3) is 5.91 Å². The zero-order chi connectivity index (χ0) is 21.6. The van der Waals surface area contributed by atoms with Crippen LogP contribution in [-0.4, -0.2) is 15.9 Å². The van der Waals surface area contributed by atoms with Gasteiger partial charge in [0.15, 0.2) is 5.82 Å². The molecule has 4 aromatic rings. The molecular formula is C26H23N3O2. The van der Waals surface area contributed by atoms with Gasteiger partial charge in [-0.15, -0.1) is 0 Å². The number of hydrogen-bond acceptors (Lipinski definition) is 4. The minimum absolute atomic E-state index is 0.126. The summed E-state index contributed by atoms with van der Waals surface area (Å²) in [6.07, 6.45) is 1.67. The molecule has 0 saturated carbocycles. The molecule has 0 aliphatic heterocycles. The largest absolute Gasteiger partial charge is 0.439 e. The molecule has 0 radical (unpaired) electrons. The lowest BCUT2D eigenvalue weighted by atomic mass is 10.1. The smallest absolute Gasteiger partial charge is 0.251 e. The molecule has 1 aromatic heterocycles. The second-order valence-electron chi connectivity index (χ2n) is 7.32. The molecule has 0 unspecified atom stereocenters. The molecule has 31 heavy (non-hydrogen) atoms. The number of ether oxygens (including phenoxy) is 1. The summed E-state index contributed by atoms with van der Waals surface area (Å²) in [7, 11) is 0. The Morgan fingerprint density at radius 2 is 1.74 bits per heavy atom. The summed E-state index contributed by atoms with van der Waals surface area (Å²) in [6, 6.07) is 24.7. The van der Waals surface area contributed by atoms with Crippen molar-refractivity contribution in [3.05, 3.63) is 107 Å². The third-order valence-corrected chi connectivity index (χ3v) is 4.95. The molecule has 5 nitrogen and oxygen atoms in total. The van der Waals surface area contributed by atoms with E-state index in [1.807, 2.05) is 62.4 Å². The Kier molecular flexibility index (Phi) is 6.03. The van der Waals surface area contributed by atoms with E-state index >= 15 is 0 Å². The normalized spacial score (nSPS) is 10.5. The van der Waals surface area contributed by atoms with Crippen molar-refractivity contribution in [3.63, 3.8) is 0 Å². The van der Waals surface area contributed by atoms with Gasteiger partial charge in [-0.1, -0.05) is 48.0 Å². The lowest BCUT2D eigenvalue weighted by Gasteiger charge is -2.09. The fourth-order valence-electron chi connectivity index (χ4n) is 3.20. The maximum Gasteiger partial charge on any atom is 0.251 e. The van der Waals surface area contributed by atoms with Gasteiger partial charge in [-0.05, 0) is 55.3 Å². The number of carbonyl (C=O) groups is 1. The highest BCUT2D eigenvalue weighted by molar-refractivity contribution is 5.94. The van der Waals surface area contributed by atoms with Crippen LogP contribution in [0.25, 0.3) is 11.4 Å². The molecule has 1 heterocycles. The first kappa shape index (κ1) is 20.3.